The van der Waals surface area contributed by atoms with Crippen molar-refractivity contribution in [3.05, 3.63) is 79.2 Å². The highest BCUT2D eigenvalue weighted by molar-refractivity contribution is 5.95. The summed E-state index contributed by atoms with van der Waals surface area (Å²) in [5.41, 5.74) is 1.74. The fourth-order valence-electron chi connectivity index (χ4n) is 5.49. The number of anilines is 3. The van der Waals surface area contributed by atoms with Gasteiger partial charge >= 0.3 is 0 Å². The van der Waals surface area contributed by atoms with Gasteiger partial charge in [0.25, 0.3) is 5.91 Å². The minimum atomic E-state index is -0.565. The summed E-state index contributed by atoms with van der Waals surface area (Å²) in [5.74, 6) is 0.648. The number of likely N-dealkylation sites (tertiary alicyclic amines) is 1. The number of amides is 2. The highest BCUT2D eigenvalue weighted by Crippen LogP contribution is 2.35. The molecule has 2 amide bonds. The standard InChI is InChI=1S/C33H34FN7O5/c1-3-31(42)41-11-7-20(8-12-41)38-28-16-24-27(17-30(28)44-2)36-19-37-32(24)40-26-5-4-22(14-25(26)34)46-23-6-10-35-29(15-23)33(43)39-21-9-13-45-18-21/h3-6,10,14-17,19-21,38H,1,7-9,11-13,18H2,2H3,(H,39,43)(H,36,37,40)/t21-/m1/s1. The van der Waals surface area contributed by atoms with E-state index in [1.165, 1.54) is 30.7 Å². The van der Waals surface area contributed by atoms with Gasteiger partial charge in [-0.3, -0.25) is 14.6 Å². The second-order valence-electron chi connectivity index (χ2n) is 11.0. The summed E-state index contributed by atoms with van der Waals surface area (Å²) < 4.78 is 32.1. The third-order valence-corrected chi connectivity index (χ3v) is 7.96. The third kappa shape index (κ3) is 6.99. The number of hydrogen-bond donors (Lipinski definition) is 3. The second kappa shape index (κ2) is 13.8. The lowest BCUT2D eigenvalue weighted by molar-refractivity contribution is -0.126. The number of halogens is 1. The number of ether oxygens (including phenoxy) is 3. The van der Waals surface area contributed by atoms with Crippen molar-refractivity contribution < 1.29 is 28.2 Å². The molecular weight excluding hydrogens is 593 g/mol. The first-order chi connectivity index (χ1) is 22.4. The van der Waals surface area contributed by atoms with Gasteiger partial charge in [-0.1, -0.05) is 6.58 Å². The number of carbonyl (C=O) groups is 2. The van der Waals surface area contributed by atoms with Gasteiger partial charge in [0, 0.05) is 55.5 Å². The highest BCUT2D eigenvalue weighted by atomic mass is 19.1. The van der Waals surface area contributed by atoms with Crippen LogP contribution in [0.2, 0.25) is 0 Å². The lowest BCUT2D eigenvalue weighted by Gasteiger charge is -2.32. The zero-order valence-electron chi connectivity index (χ0n) is 25.3. The van der Waals surface area contributed by atoms with E-state index in [-0.39, 0.29) is 41.0 Å². The van der Waals surface area contributed by atoms with Crippen LogP contribution in [0.15, 0.2) is 67.6 Å². The van der Waals surface area contributed by atoms with Gasteiger partial charge in [0.1, 0.15) is 40.9 Å². The van der Waals surface area contributed by atoms with Crippen LogP contribution in [0.5, 0.6) is 17.2 Å². The molecular formula is C33H34FN7O5. The molecule has 2 aliphatic heterocycles. The number of carbonyl (C=O) groups excluding carboxylic acids is 2. The Balaban J connectivity index is 1.16. The van der Waals surface area contributed by atoms with Crippen LogP contribution in [0.4, 0.5) is 21.6 Å². The third-order valence-electron chi connectivity index (χ3n) is 7.96. The van der Waals surface area contributed by atoms with Crippen LogP contribution in [-0.4, -0.2) is 77.2 Å². The molecule has 6 rings (SSSR count). The maximum absolute atomic E-state index is 15.4. The molecule has 0 saturated carbocycles. The van der Waals surface area contributed by atoms with Gasteiger partial charge in [-0.15, -0.1) is 0 Å². The molecule has 0 radical (unpaired) electrons. The SMILES string of the molecule is C=CC(=O)N1CCC(Nc2cc3c(Nc4ccc(Oc5ccnc(C(=O)N[C@@H]6CCOC6)c5)cc4F)ncnc3cc2OC)CC1. The Morgan fingerprint density at radius 3 is 2.59 bits per heavy atom. The van der Waals surface area contributed by atoms with Crippen LogP contribution >= 0.6 is 0 Å². The maximum Gasteiger partial charge on any atom is 0.270 e. The Labute approximate surface area is 265 Å². The number of nitrogens with zero attached hydrogens (tertiary/aromatic N) is 4. The molecule has 2 fully saturated rings. The molecule has 13 heteroatoms. The minimum absolute atomic E-state index is 0.0521. The Morgan fingerprint density at radius 1 is 1.02 bits per heavy atom. The van der Waals surface area contributed by atoms with Gasteiger partial charge in [0.2, 0.25) is 5.91 Å². The summed E-state index contributed by atoms with van der Waals surface area (Å²) in [4.78, 5) is 39.2. The van der Waals surface area contributed by atoms with Crippen molar-refractivity contribution in [1.29, 1.82) is 0 Å². The molecule has 2 aromatic heterocycles. The summed E-state index contributed by atoms with van der Waals surface area (Å²) >= 11 is 0. The predicted octanol–water partition coefficient (Wildman–Crippen LogP) is 4.82. The number of rotatable bonds is 10. The minimum Gasteiger partial charge on any atom is -0.495 e. The molecule has 2 saturated heterocycles. The Hall–Kier alpha value is -5.30. The fraction of sp³-hybridized carbons (Fsp3) is 0.303. The molecule has 2 aromatic carbocycles. The molecule has 0 unspecified atom stereocenters. The van der Waals surface area contributed by atoms with Gasteiger partial charge in [-0.05, 0) is 49.6 Å². The van der Waals surface area contributed by atoms with Crippen LogP contribution in [0, 0.1) is 5.82 Å². The van der Waals surface area contributed by atoms with Crippen LogP contribution in [0.3, 0.4) is 0 Å². The van der Waals surface area contributed by atoms with Gasteiger partial charge in [0.05, 0.1) is 36.6 Å². The number of fused-ring (bicyclic) bond motifs is 1. The molecule has 0 spiro atoms. The molecule has 3 N–H and O–H groups in total. The van der Waals surface area contributed by atoms with E-state index in [4.69, 9.17) is 14.2 Å². The molecule has 238 valence electrons. The van der Waals surface area contributed by atoms with Gasteiger partial charge in [-0.2, -0.15) is 0 Å². The first kappa shape index (κ1) is 30.7. The predicted molar refractivity (Wildman–Crippen MR) is 170 cm³/mol. The molecule has 0 bridgehead atoms. The topological polar surface area (TPSA) is 140 Å². The molecule has 0 aliphatic carbocycles. The number of piperidine rings is 1. The molecule has 46 heavy (non-hydrogen) atoms. The Bertz CT molecular complexity index is 1760. The lowest BCUT2D eigenvalue weighted by Crippen LogP contribution is -2.41. The van der Waals surface area contributed by atoms with Gasteiger partial charge in [-0.25, -0.2) is 14.4 Å². The molecule has 12 nitrogen and oxygen atoms in total. The van der Waals surface area contributed by atoms with E-state index in [0.29, 0.717) is 54.5 Å². The van der Waals surface area contributed by atoms with E-state index in [0.717, 1.165) is 24.9 Å². The zero-order chi connectivity index (χ0) is 32.0. The van der Waals surface area contributed by atoms with E-state index < -0.39 is 5.82 Å². The Morgan fingerprint density at radius 2 is 1.85 bits per heavy atom. The smallest absolute Gasteiger partial charge is 0.270 e. The Kier molecular flexibility index (Phi) is 9.20. The normalized spacial score (nSPS) is 16.6. The lowest BCUT2D eigenvalue weighted by atomic mass is 10.0. The van der Waals surface area contributed by atoms with Crippen molar-refractivity contribution >= 4 is 39.9 Å². The zero-order valence-corrected chi connectivity index (χ0v) is 25.3. The van der Waals surface area contributed by atoms with Crippen LogP contribution < -0.4 is 25.4 Å². The largest absolute Gasteiger partial charge is 0.495 e. The van der Waals surface area contributed by atoms with Crippen molar-refractivity contribution in [3.8, 4) is 17.2 Å². The molecule has 1 atom stereocenters. The van der Waals surface area contributed by atoms with E-state index in [1.807, 2.05) is 6.07 Å². The van der Waals surface area contributed by atoms with Crippen molar-refractivity contribution in [3.63, 3.8) is 0 Å². The van der Waals surface area contributed by atoms with E-state index in [1.54, 1.807) is 36.3 Å². The molecule has 4 aromatic rings. The quantitative estimate of drug-likeness (QED) is 0.210. The first-order valence-electron chi connectivity index (χ1n) is 15.0. The molecule has 4 heterocycles. The first-order valence-corrected chi connectivity index (χ1v) is 15.0. The van der Waals surface area contributed by atoms with E-state index in [2.05, 4.69) is 37.5 Å². The van der Waals surface area contributed by atoms with Crippen LogP contribution in [-0.2, 0) is 9.53 Å². The number of methoxy groups -OCH3 is 1. The summed E-state index contributed by atoms with van der Waals surface area (Å²) in [6.07, 6.45) is 6.48. The van der Waals surface area contributed by atoms with Gasteiger partial charge < -0.3 is 35.1 Å². The number of hydrogen-bond acceptors (Lipinski definition) is 10. The number of nitrogens with one attached hydrogen (secondary N) is 3. The maximum atomic E-state index is 15.4. The van der Waals surface area contributed by atoms with Crippen molar-refractivity contribution in [2.45, 2.75) is 31.3 Å². The van der Waals surface area contributed by atoms with E-state index >= 15 is 4.39 Å². The number of aromatic nitrogens is 3. The van der Waals surface area contributed by atoms with Crippen molar-refractivity contribution in [1.82, 2.24) is 25.2 Å². The summed E-state index contributed by atoms with van der Waals surface area (Å²) in [6.45, 7) is 5.91. The number of pyridine rings is 1. The highest BCUT2D eigenvalue weighted by Gasteiger charge is 2.23. The summed E-state index contributed by atoms with van der Waals surface area (Å²) in [6, 6.07) is 11.3. The second-order valence-corrected chi connectivity index (χ2v) is 11.0. The fourth-order valence-corrected chi connectivity index (χ4v) is 5.49. The average Bonchev–Trinajstić information content (AvgIpc) is 3.59. The average molecular weight is 628 g/mol. The summed E-state index contributed by atoms with van der Waals surface area (Å²) in [5, 5.41) is 10.2. The van der Waals surface area contributed by atoms with Crippen molar-refractivity contribution in [2.24, 2.45) is 0 Å². The van der Waals surface area contributed by atoms with Crippen molar-refractivity contribution in [2.75, 3.05) is 44.0 Å². The van der Waals surface area contributed by atoms with E-state index in [9.17, 15) is 9.59 Å². The summed E-state index contributed by atoms with van der Waals surface area (Å²) in [7, 11) is 1.59. The van der Waals surface area contributed by atoms with Crippen LogP contribution in [0.25, 0.3) is 10.9 Å². The number of benzene rings is 2. The monoisotopic (exact) mass is 627 g/mol. The molecule has 2 aliphatic rings. The van der Waals surface area contributed by atoms with Crippen LogP contribution in [0.1, 0.15) is 29.8 Å². The van der Waals surface area contributed by atoms with Gasteiger partial charge in [0.15, 0.2) is 0 Å².